The molecule has 0 saturated carbocycles. The number of fused-ring (bicyclic) bond motifs is 2. The molecule has 1 N–H and O–H groups in total. The van der Waals surface area contributed by atoms with Crippen LogP contribution in [0.4, 0.5) is 5.13 Å². The molecule has 2 aliphatic rings. The highest BCUT2D eigenvalue weighted by Crippen LogP contribution is 2.32. The van der Waals surface area contributed by atoms with E-state index in [2.05, 4.69) is 22.1 Å². The fourth-order valence-corrected chi connectivity index (χ4v) is 5.69. The lowest BCUT2D eigenvalue weighted by Gasteiger charge is -2.32. The van der Waals surface area contributed by atoms with Gasteiger partial charge in [0.1, 0.15) is 0 Å². The Morgan fingerprint density at radius 2 is 2.20 bits per heavy atom. The fourth-order valence-electron chi connectivity index (χ4n) is 4.68. The number of rotatable bonds is 4. The van der Waals surface area contributed by atoms with Crippen LogP contribution >= 0.6 is 22.9 Å². The summed E-state index contributed by atoms with van der Waals surface area (Å²) in [6.07, 6.45) is 8.55. The third kappa shape index (κ3) is 3.84. The van der Waals surface area contributed by atoms with Crippen molar-refractivity contribution in [3.05, 3.63) is 51.1 Å². The van der Waals surface area contributed by atoms with Crippen LogP contribution in [0.5, 0.6) is 0 Å². The molecule has 1 atom stereocenters. The Balaban J connectivity index is 1.40. The summed E-state index contributed by atoms with van der Waals surface area (Å²) in [7, 11) is 0. The Morgan fingerprint density at radius 3 is 3.07 bits per heavy atom. The Bertz CT molecular complexity index is 1110. The van der Waals surface area contributed by atoms with E-state index in [1.807, 2.05) is 24.4 Å². The number of nitrogens with one attached hydrogen (secondary N) is 1. The van der Waals surface area contributed by atoms with E-state index >= 15 is 0 Å². The molecule has 2 aromatic heterocycles. The number of hydrogen-bond donors (Lipinski definition) is 1. The molecule has 0 bridgehead atoms. The number of carbonyl (C=O) groups is 1. The first-order valence-corrected chi connectivity index (χ1v) is 11.9. The van der Waals surface area contributed by atoms with Crippen molar-refractivity contribution >= 4 is 44.9 Å². The normalized spacial score (nSPS) is 19.2. The van der Waals surface area contributed by atoms with Gasteiger partial charge in [-0.05, 0) is 69.3 Å². The van der Waals surface area contributed by atoms with Gasteiger partial charge in [0.2, 0.25) is 0 Å². The van der Waals surface area contributed by atoms with E-state index in [-0.39, 0.29) is 5.91 Å². The molecule has 1 amide bonds. The fraction of sp³-hybridized carbons (Fsp3) is 0.435. The van der Waals surface area contributed by atoms with Gasteiger partial charge in [0.15, 0.2) is 5.13 Å². The van der Waals surface area contributed by atoms with E-state index in [0.29, 0.717) is 21.8 Å². The van der Waals surface area contributed by atoms with Crippen molar-refractivity contribution in [3.8, 4) is 0 Å². The second-order valence-electron chi connectivity index (χ2n) is 8.33. The van der Waals surface area contributed by atoms with Crippen LogP contribution in [0, 0.1) is 0 Å². The predicted octanol–water partition coefficient (Wildman–Crippen LogP) is 5.46. The molecular formula is C23H25ClN4OS. The molecule has 3 aromatic rings. The molecule has 1 fully saturated rings. The van der Waals surface area contributed by atoms with Crippen LogP contribution in [0.25, 0.3) is 10.9 Å². The number of hydrogen-bond acceptors (Lipinski definition) is 5. The van der Waals surface area contributed by atoms with Crippen LogP contribution in [0.3, 0.4) is 0 Å². The standard InChI is InChI=1S/C23H25ClN4OS/c1-14-5-2-3-10-28(14)13-16-12-25-23(30-16)27-22(29)21-17-6-4-7-19(17)26-20-9-8-15(24)11-18(20)21/h8-9,11-12,14H,2-7,10,13H2,1H3,(H,25,27,29). The van der Waals surface area contributed by atoms with Crippen LogP contribution in [0.15, 0.2) is 24.4 Å². The Kier molecular flexibility index (Phi) is 5.48. The second-order valence-corrected chi connectivity index (χ2v) is 9.88. The Hall–Kier alpha value is -2.02. The number of halogens is 1. The molecule has 1 saturated heterocycles. The van der Waals surface area contributed by atoms with Crippen molar-refractivity contribution in [2.45, 2.75) is 58.0 Å². The van der Waals surface area contributed by atoms with Crippen LogP contribution < -0.4 is 5.32 Å². The highest BCUT2D eigenvalue weighted by Gasteiger charge is 2.25. The number of thiazole rings is 1. The number of aryl methyl sites for hydroxylation is 1. The number of carbonyl (C=O) groups excluding carboxylic acids is 1. The van der Waals surface area contributed by atoms with Crippen molar-refractivity contribution in [1.29, 1.82) is 0 Å². The first kappa shape index (κ1) is 19.9. The first-order chi connectivity index (χ1) is 14.6. The summed E-state index contributed by atoms with van der Waals surface area (Å²) in [5.41, 5.74) is 3.62. The molecule has 0 spiro atoms. The largest absolute Gasteiger partial charge is 0.298 e. The van der Waals surface area contributed by atoms with Gasteiger partial charge in [0, 0.05) is 39.8 Å². The van der Waals surface area contributed by atoms with Gasteiger partial charge in [-0.15, -0.1) is 11.3 Å². The second kappa shape index (κ2) is 8.25. The maximum absolute atomic E-state index is 13.3. The molecule has 7 heteroatoms. The number of nitrogens with zero attached hydrogens (tertiary/aromatic N) is 3. The highest BCUT2D eigenvalue weighted by atomic mass is 35.5. The third-order valence-corrected chi connectivity index (χ3v) is 7.41. The van der Waals surface area contributed by atoms with Crippen LogP contribution in [0.1, 0.15) is 59.1 Å². The van der Waals surface area contributed by atoms with Gasteiger partial charge in [-0.25, -0.2) is 4.98 Å². The molecule has 1 aliphatic heterocycles. The number of benzene rings is 1. The number of aromatic nitrogens is 2. The van der Waals surface area contributed by atoms with Crippen LogP contribution in [-0.4, -0.2) is 33.4 Å². The maximum Gasteiger partial charge on any atom is 0.258 e. The minimum atomic E-state index is -0.116. The van der Waals surface area contributed by atoms with Gasteiger partial charge < -0.3 is 0 Å². The summed E-state index contributed by atoms with van der Waals surface area (Å²) < 4.78 is 0. The maximum atomic E-state index is 13.3. The average molecular weight is 441 g/mol. The van der Waals surface area contributed by atoms with Crippen molar-refractivity contribution in [1.82, 2.24) is 14.9 Å². The lowest BCUT2D eigenvalue weighted by Crippen LogP contribution is -2.36. The zero-order valence-corrected chi connectivity index (χ0v) is 18.7. The lowest BCUT2D eigenvalue weighted by molar-refractivity contribution is 0.102. The molecule has 5 nitrogen and oxygen atoms in total. The zero-order chi connectivity index (χ0) is 20.7. The highest BCUT2D eigenvalue weighted by molar-refractivity contribution is 7.15. The lowest BCUT2D eigenvalue weighted by atomic mass is 10.0. The van der Waals surface area contributed by atoms with Crippen LogP contribution in [0.2, 0.25) is 5.02 Å². The van der Waals surface area contributed by atoms with Gasteiger partial charge in [-0.3, -0.25) is 20.0 Å². The SMILES string of the molecule is CC1CCCCN1Cc1cnc(NC(=O)c2c3c(nc4ccc(Cl)cc24)CCC3)s1. The molecule has 156 valence electrons. The number of anilines is 1. The monoisotopic (exact) mass is 440 g/mol. The molecule has 30 heavy (non-hydrogen) atoms. The summed E-state index contributed by atoms with van der Waals surface area (Å²) in [4.78, 5) is 26.3. The average Bonchev–Trinajstić information content (AvgIpc) is 3.37. The van der Waals surface area contributed by atoms with Crippen molar-refractivity contribution in [2.24, 2.45) is 0 Å². The van der Waals surface area contributed by atoms with Crippen molar-refractivity contribution in [3.63, 3.8) is 0 Å². The summed E-state index contributed by atoms with van der Waals surface area (Å²) in [5.74, 6) is -0.116. The molecule has 1 aliphatic carbocycles. The molecular weight excluding hydrogens is 416 g/mol. The van der Waals surface area contributed by atoms with Gasteiger partial charge >= 0.3 is 0 Å². The summed E-state index contributed by atoms with van der Waals surface area (Å²) in [6, 6.07) is 6.18. The van der Waals surface area contributed by atoms with E-state index in [1.165, 1.54) is 24.1 Å². The number of likely N-dealkylation sites (tertiary alicyclic amines) is 1. The quantitative estimate of drug-likeness (QED) is 0.585. The molecule has 0 radical (unpaired) electrons. The van der Waals surface area contributed by atoms with Crippen molar-refractivity contribution in [2.75, 3.05) is 11.9 Å². The number of amides is 1. The molecule has 5 rings (SSSR count). The van der Waals surface area contributed by atoms with Crippen molar-refractivity contribution < 1.29 is 4.79 Å². The van der Waals surface area contributed by atoms with E-state index in [9.17, 15) is 4.79 Å². The van der Waals surface area contributed by atoms with E-state index < -0.39 is 0 Å². The first-order valence-electron chi connectivity index (χ1n) is 10.7. The van der Waals surface area contributed by atoms with Gasteiger partial charge in [0.05, 0.1) is 11.1 Å². The van der Waals surface area contributed by atoms with Crippen LogP contribution in [-0.2, 0) is 19.4 Å². The predicted molar refractivity (Wildman–Crippen MR) is 123 cm³/mol. The molecule has 1 unspecified atom stereocenters. The zero-order valence-electron chi connectivity index (χ0n) is 17.1. The topological polar surface area (TPSA) is 58.1 Å². The Labute approximate surface area is 185 Å². The smallest absolute Gasteiger partial charge is 0.258 e. The molecule has 3 heterocycles. The van der Waals surface area contributed by atoms with E-state index in [0.717, 1.165) is 54.5 Å². The number of pyridine rings is 1. The van der Waals surface area contributed by atoms with Gasteiger partial charge in [0.25, 0.3) is 5.91 Å². The third-order valence-electron chi connectivity index (χ3n) is 6.27. The van der Waals surface area contributed by atoms with E-state index in [4.69, 9.17) is 16.6 Å². The summed E-state index contributed by atoms with van der Waals surface area (Å²) >= 11 is 7.81. The Morgan fingerprint density at radius 1 is 1.30 bits per heavy atom. The van der Waals surface area contributed by atoms with Gasteiger partial charge in [-0.2, -0.15) is 0 Å². The minimum Gasteiger partial charge on any atom is -0.298 e. The number of piperidine rings is 1. The summed E-state index contributed by atoms with van der Waals surface area (Å²) in [6.45, 7) is 4.33. The van der Waals surface area contributed by atoms with Gasteiger partial charge in [-0.1, -0.05) is 18.0 Å². The molecule has 1 aromatic carbocycles. The van der Waals surface area contributed by atoms with E-state index in [1.54, 1.807) is 11.3 Å². The minimum absolute atomic E-state index is 0.116. The summed E-state index contributed by atoms with van der Waals surface area (Å²) in [5, 5.41) is 5.13.